The number of benzene rings is 1. The molecule has 6 heteroatoms. The van der Waals surface area contributed by atoms with E-state index in [2.05, 4.69) is 5.32 Å². The number of carbonyl (C=O) groups is 2. The smallest absolute Gasteiger partial charge is 0.335 e. The van der Waals surface area contributed by atoms with Gasteiger partial charge in [-0.15, -0.1) is 0 Å². The maximum absolute atomic E-state index is 11.1. The SMILES string of the molecule is CNC(=O)CN(C)CCOc1ccc(C(=O)O)cc1. The minimum atomic E-state index is -0.961. The number of carboxylic acids is 1. The molecule has 0 aliphatic rings. The molecular weight excluding hydrogens is 248 g/mol. The number of carbonyl (C=O) groups excluding carboxylic acids is 1. The third kappa shape index (κ3) is 5.39. The van der Waals surface area contributed by atoms with Gasteiger partial charge in [0.15, 0.2) is 0 Å². The van der Waals surface area contributed by atoms with Gasteiger partial charge in [0, 0.05) is 13.6 Å². The molecule has 0 bridgehead atoms. The Bertz CT molecular complexity index is 431. The molecule has 1 amide bonds. The van der Waals surface area contributed by atoms with Crippen LogP contribution < -0.4 is 10.1 Å². The number of rotatable bonds is 7. The van der Waals surface area contributed by atoms with Crippen LogP contribution in [0.4, 0.5) is 0 Å². The van der Waals surface area contributed by atoms with Gasteiger partial charge >= 0.3 is 5.97 Å². The lowest BCUT2D eigenvalue weighted by atomic mass is 10.2. The summed E-state index contributed by atoms with van der Waals surface area (Å²) in [6.45, 7) is 1.35. The number of nitrogens with one attached hydrogen (secondary N) is 1. The molecule has 0 aliphatic heterocycles. The maximum Gasteiger partial charge on any atom is 0.335 e. The lowest BCUT2D eigenvalue weighted by Gasteiger charge is -2.15. The number of ether oxygens (including phenoxy) is 1. The molecule has 0 saturated carbocycles. The third-order valence-corrected chi connectivity index (χ3v) is 2.54. The molecule has 0 heterocycles. The van der Waals surface area contributed by atoms with Gasteiger partial charge in [0.2, 0.25) is 5.91 Å². The normalized spacial score (nSPS) is 10.3. The van der Waals surface area contributed by atoms with Crippen LogP contribution >= 0.6 is 0 Å². The fraction of sp³-hybridized carbons (Fsp3) is 0.385. The number of hydrogen-bond acceptors (Lipinski definition) is 4. The molecule has 0 atom stereocenters. The van der Waals surface area contributed by atoms with Crippen LogP contribution in [0.25, 0.3) is 0 Å². The zero-order valence-corrected chi connectivity index (χ0v) is 11.0. The summed E-state index contributed by atoms with van der Waals surface area (Å²) in [7, 11) is 3.42. The fourth-order valence-electron chi connectivity index (χ4n) is 1.42. The molecule has 1 aromatic carbocycles. The van der Waals surface area contributed by atoms with E-state index in [1.54, 1.807) is 19.2 Å². The van der Waals surface area contributed by atoms with E-state index in [0.717, 1.165) is 0 Å². The van der Waals surface area contributed by atoms with Crippen molar-refractivity contribution >= 4 is 11.9 Å². The first-order valence-electron chi connectivity index (χ1n) is 5.88. The predicted octanol–water partition coefficient (Wildman–Crippen LogP) is 0.441. The molecule has 0 spiro atoms. The zero-order valence-electron chi connectivity index (χ0n) is 11.0. The Hall–Kier alpha value is -2.08. The van der Waals surface area contributed by atoms with E-state index in [1.165, 1.54) is 12.1 Å². The average molecular weight is 266 g/mol. The number of hydrogen-bond donors (Lipinski definition) is 2. The van der Waals surface area contributed by atoms with Crippen molar-refractivity contribution in [3.63, 3.8) is 0 Å². The van der Waals surface area contributed by atoms with Crippen LogP contribution in [-0.4, -0.2) is 55.7 Å². The fourth-order valence-corrected chi connectivity index (χ4v) is 1.42. The molecule has 1 rings (SSSR count). The number of aromatic carboxylic acids is 1. The van der Waals surface area contributed by atoms with Crippen LogP contribution in [0.15, 0.2) is 24.3 Å². The van der Waals surface area contributed by atoms with Crippen molar-refractivity contribution in [1.29, 1.82) is 0 Å². The summed E-state index contributed by atoms with van der Waals surface area (Å²) in [6, 6.07) is 6.21. The summed E-state index contributed by atoms with van der Waals surface area (Å²) in [5.41, 5.74) is 0.226. The number of likely N-dealkylation sites (N-methyl/N-ethyl adjacent to an activating group) is 2. The summed E-state index contributed by atoms with van der Waals surface area (Å²) < 4.78 is 5.46. The van der Waals surface area contributed by atoms with Gasteiger partial charge in [0.25, 0.3) is 0 Å². The monoisotopic (exact) mass is 266 g/mol. The first-order valence-corrected chi connectivity index (χ1v) is 5.88. The summed E-state index contributed by atoms with van der Waals surface area (Å²) in [5, 5.41) is 11.3. The Morgan fingerprint density at radius 2 is 1.95 bits per heavy atom. The highest BCUT2D eigenvalue weighted by Crippen LogP contribution is 2.11. The van der Waals surface area contributed by atoms with Gasteiger partial charge < -0.3 is 15.2 Å². The van der Waals surface area contributed by atoms with Crippen molar-refractivity contribution in [2.75, 3.05) is 33.8 Å². The van der Waals surface area contributed by atoms with Gasteiger partial charge in [-0.2, -0.15) is 0 Å². The quantitative estimate of drug-likeness (QED) is 0.748. The molecule has 19 heavy (non-hydrogen) atoms. The Morgan fingerprint density at radius 3 is 2.47 bits per heavy atom. The van der Waals surface area contributed by atoms with Gasteiger partial charge in [-0.1, -0.05) is 0 Å². The van der Waals surface area contributed by atoms with Crippen LogP contribution in [0.2, 0.25) is 0 Å². The molecule has 1 aromatic rings. The Morgan fingerprint density at radius 1 is 1.32 bits per heavy atom. The lowest BCUT2D eigenvalue weighted by Crippen LogP contribution is -2.35. The van der Waals surface area contributed by atoms with E-state index in [1.807, 2.05) is 11.9 Å². The van der Waals surface area contributed by atoms with E-state index >= 15 is 0 Å². The molecule has 2 N–H and O–H groups in total. The van der Waals surface area contributed by atoms with Crippen LogP contribution in [0.1, 0.15) is 10.4 Å². The second-order valence-electron chi connectivity index (χ2n) is 4.09. The standard InChI is InChI=1S/C13H18N2O4/c1-14-12(16)9-15(2)7-8-19-11-5-3-10(4-6-11)13(17)18/h3-6H,7-9H2,1-2H3,(H,14,16)(H,17,18). The highest BCUT2D eigenvalue weighted by atomic mass is 16.5. The molecule has 104 valence electrons. The highest BCUT2D eigenvalue weighted by molar-refractivity contribution is 5.87. The number of carboxylic acid groups (broad SMARTS) is 1. The van der Waals surface area contributed by atoms with Gasteiger partial charge in [0.1, 0.15) is 12.4 Å². The van der Waals surface area contributed by atoms with E-state index < -0.39 is 5.97 Å². The van der Waals surface area contributed by atoms with Gasteiger partial charge in [-0.05, 0) is 31.3 Å². The van der Waals surface area contributed by atoms with Crippen molar-refractivity contribution in [1.82, 2.24) is 10.2 Å². The van der Waals surface area contributed by atoms with Crippen LogP contribution in [0.5, 0.6) is 5.75 Å². The summed E-state index contributed by atoms with van der Waals surface area (Å²) in [6.07, 6.45) is 0. The maximum atomic E-state index is 11.1. The van der Waals surface area contributed by atoms with Gasteiger partial charge in [-0.25, -0.2) is 4.79 Å². The summed E-state index contributed by atoms with van der Waals surface area (Å²) in [4.78, 5) is 23.6. The minimum Gasteiger partial charge on any atom is -0.492 e. The Balaban J connectivity index is 2.33. The molecule has 0 saturated heterocycles. The van der Waals surface area contributed by atoms with E-state index in [-0.39, 0.29) is 11.5 Å². The van der Waals surface area contributed by atoms with Crippen LogP contribution in [0.3, 0.4) is 0 Å². The van der Waals surface area contributed by atoms with Crippen molar-refractivity contribution in [3.05, 3.63) is 29.8 Å². The summed E-state index contributed by atoms with van der Waals surface area (Å²) in [5.74, 6) is -0.400. The molecule has 0 unspecified atom stereocenters. The van der Waals surface area contributed by atoms with Crippen LogP contribution in [0, 0.1) is 0 Å². The molecule has 0 aromatic heterocycles. The highest BCUT2D eigenvalue weighted by Gasteiger charge is 2.05. The predicted molar refractivity (Wildman–Crippen MR) is 70.5 cm³/mol. The largest absolute Gasteiger partial charge is 0.492 e. The van der Waals surface area contributed by atoms with Crippen molar-refractivity contribution < 1.29 is 19.4 Å². The minimum absolute atomic E-state index is 0.0479. The lowest BCUT2D eigenvalue weighted by molar-refractivity contribution is -0.121. The van der Waals surface area contributed by atoms with Crippen molar-refractivity contribution in [3.8, 4) is 5.75 Å². The van der Waals surface area contributed by atoms with Gasteiger partial charge in [0.05, 0.1) is 12.1 Å². The number of amides is 1. The molecule has 0 fully saturated rings. The van der Waals surface area contributed by atoms with Crippen LogP contribution in [-0.2, 0) is 4.79 Å². The molecule has 6 nitrogen and oxygen atoms in total. The Labute approximate surface area is 112 Å². The van der Waals surface area contributed by atoms with Gasteiger partial charge in [-0.3, -0.25) is 9.69 Å². The molecule has 0 aliphatic carbocycles. The van der Waals surface area contributed by atoms with E-state index in [9.17, 15) is 9.59 Å². The topological polar surface area (TPSA) is 78.9 Å². The van der Waals surface area contributed by atoms with Crippen molar-refractivity contribution in [2.24, 2.45) is 0 Å². The first kappa shape index (κ1) is 15.0. The first-order chi connectivity index (χ1) is 9.02. The molecular formula is C13H18N2O4. The second-order valence-corrected chi connectivity index (χ2v) is 4.09. The Kier molecular flexibility index (Phi) is 5.81. The van der Waals surface area contributed by atoms with E-state index in [4.69, 9.17) is 9.84 Å². The zero-order chi connectivity index (χ0) is 14.3. The average Bonchev–Trinajstić information content (AvgIpc) is 2.39. The second kappa shape index (κ2) is 7.38. The third-order valence-electron chi connectivity index (χ3n) is 2.54. The van der Waals surface area contributed by atoms with Crippen molar-refractivity contribution in [2.45, 2.75) is 0 Å². The number of nitrogens with zero attached hydrogens (tertiary/aromatic N) is 1. The molecule has 0 radical (unpaired) electrons. The van der Waals surface area contributed by atoms with E-state index in [0.29, 0.717) is 25.4 Å². The summed E-state index contributed by atoms with van der Waals surface area (Å²) >= 11 is 0.